The largest absolute Gasteiger partial charge is 0.350 e. The van der Waals surface area contributed by atoms with Crippen LogP contribution < -0.4 is 5.32 Å². The standard InChI is InChI=1S/C15H13N3OS/c1-8-7-17-13-12-9-3-2-6-16-10(9)4-5-11(12)20-14(13)15(19)18-8/h2-6,8,14H,7H2,1H3,(H,18,19)/t8?,14-/m1/s1. The highest BCUT2D eigenvalue weighted by Crippen LogP contribution is 2.41. The summed E-state index contributed by atoms with van der Waals surface area (Å²) in [5, 5.41) is 3.87. The molecule has 0 saturated carbocycles. The lowest BCUT2D eigenvalue weighted by Gasteiger charge is -2.10. The van der Waals surface area contributed by atoms with Gasteiger partial charge in [0, 0.05) is 28.1 Å². The molecule has 2 aliphatic heterocycles. The van der Waals surface area contributed by atoms with Crippen LogP contribution in [0.15, 0.2) is 40.4 Å². The average molecular weight is 283 g/mol. The first-order chi connectivity index (χ1) is 9.74. The second-order valence-electron chi connectivity index (χ2n) is 5.14. The van der Waals surface area contributed by atoms with Crippen molar-refractivity contribution in [3.05, 3.63) is 36.0 Å². The summed E-state index contributed by atoms with van der Waals surface area (Å²) in [4.78, 5) is 22.5. The third kappa shape index (κ3) is 1.66. The number of fused-ring (bicyclic) bond motifs is 5. The van der Waals surface area contributed by atoms with Gasteiger partial charge < -0.3 is 5.32 Å². The summed E-state index contributed by atoms with van der Waals surface area (Å²) in [6.07, 6.45) is 1.79. The average Bonchev–Trinajstić information content (AvgIpc) is 2.78. The van der Waals surface area contributed by atoms with E-state index in [1.807, 2.05) is 25.1 Å². The van der Waals surface area contributed by atoms with Gasteiger partial charge in [-0.05, 0) is 25.1 Å². The molecular weight excluding hydrogens is 270 g/mol. The number of amides is 1. The van der Waals surface area contributed by atoms with Crippen molar-refractivity contribution in [2.75, 3.05) is 6.54 Å². The number of hydrogen-bond acceptors (Lipinski definition) is 4. The van der Waals surface area contributed by atoms with Crippen LogP contribution in [-0.2, 0) is 4.79 Å². The molecule has 1 amide bonds. The van der Waals surface area contributed by atoms with E-state index in [1.54, 1.807) is 18.0 Å². The van der Waals surface area contributed by atoms with Gasteiger partial charge in [-0.25, -0.2) is 0 Å². The van der Waals surface area contributed by atoms with Crippen molar-refractivity contribution >= 4 is 34.3 Å². The van der Waals surface area contributed by atoms with Crippen LogP contribution in [-0.4, -0.2) is 34.4 Å². The fourth-order valence-corrected chi connectivity index (χ4v) is 3.96. The number of nitrogens with zero attached hydrogens (tertiary/aromatic N) is 2. The maximum absolute atomic E-state index is 12.3. The van der Waals surface area contributed by atoms with Crippen LogP contribution in [0.1, 0.15) is 12.5 Å². The molecule has 3 heterocycles. The van der Waals surface area contributed by atoms with E-state index in [0.29, 0.717) is 6.54 Å². The predicted molar refractivity (Wildman–Crippen MR) is 80.4 cm³/mol. The second kappa shape index (κ2) is 4.31. The second-order valence-corrected chi connectivity index (χ2v) is 6.29. The van der Waals surface area contributed by atoms with E-state index in [1.165, 1.54) is 0 Å². The Bertz CT molecular complexity index is 756. The Kier molecular flexibility index (Phi) is 2.57. The van der Waals surface area contributed by atoms with Gasteiger partial charge in [-0.15, -0.1) is 11.8 Å². The zero-order valence-electron chi connectivity index (χ0n) is 11.0. The maximum Gasteiger partial charge on any atom is 0.239 e. The molecule has 1 aromatic heterocycles. The SMILES string of the molecule is CC1CN=C2c3c(ccc4ncccc34)S[C@H]2C(=O)N1. The van der Waals surface area contributed by atoms with Crippen molar-refractivity contribution in [1.82, 2.24) is 10.3 Å². The maximum atomic E-state index is 12.3. The van der Waals surface area contributed by atoms with Crippen molar-refractivity contribution < 1.29 is 4.79 Å². The monoisotopic (exact) mass is 283 g/mol. The Morgan fingerprint density at radius 2 is 2.25 bits per heavy atom. The lowest BCUT2D eigenvalue weighted by molar-refractivity contribution is -0.119. The Hall–Kier alpha value is -1.88. The summed E-state index contributed by atoms with van der Waals surface area (Å²) in [7, 11) is 0. The van der Waals surface area contributed by atoms with Gasteiger partial charge in [-0.3, -0.25) is 14.8 Å². The summed E-state index contributed by atoms with van der Waals surface area (Å²) in [6, 6.07) is 8.13. The molecule has 0 spiro atoms. The Morgan fingerprint density at radius 3 is 3.15 bits per heavy atom. The van der Waals surface area contributed by atoms with E-state index in [9.17, 15) is 4.79 Å². The molecule has 5 heteroatoms. The summed E-state index contributed by atoms with van der Waals surface area (Å²) in [6.45, 7) is 2.62. The topological polar surface area (TPSA) is 54.4 Å². The van der Waals surface area contributed by atoms with E-state index in [0.717, 1.165) is 27.1 Å². The first-order valence-corrected chi connectivity index (χ1v) is 7.51. The van der Waals surface area contributed by atoms with Gasteiger partial charge in [-0.2, -0.15) is 0 Å². The third-order valence-electron chi connectivity index (χ3n) is 3.66. The van der Waals surface area contributed by atoms with Gasteiger partial charge in [0.1, 0.15) is 5.25 Å². The smallest absolute Gasteiger partial charge is 0.239 e. The molecule has 0 bridgehead atoms. The third-order valence-corrected chi connectivity index (χ3v) is 4.93. The van der Waals surface area contributed by atoms with Crippen molar-refractivity contribution in [3.8, 4) is 0 Å². The van der Waals surface area contributed by atoms with Gasteiger partial charge >= 0.3 is 0 Å². The molecule has 1 N–H and O–H groups in total. The molecule has 2 aliphatic rings. The van der Waals surface area contributed by atoms with Crippen LogP contribution in [0, 0.1) is 0 Å². The number of benzene rings is 1. The van der Waals surface area contributed by atoms with Crippen molar-refractivity contribution in [2.24, 2.45) is 4.99 Å². The molecule has 0 fully saturated rings. The molecule has 1 unspecified atom stereocenters. The molecule has 4 nitrogen and oxygen atoms in total. The normalized spacial score (nSPS) is 24.6. The van der Waals surface area contributed by atoms with E-state index in [2.05, 4.69) is 16.4 Å². The van der Waals surface area contributed by atoms with Crippen LogP contribution in [0.5, 0.6) is 0 Å². The summed E-state index contributed by atoms with van der Waals surface area (Å²) < 4.78 is 0. The quantitative estimate of drug-likeness (QED) is 0.804. The molecule has 0 radical (unpaired) electrons. The predicted octanol–water partition coefficient (Wildman–Crippen LogP) is 2.02. The number of rotatable bonds is 0. The van der Waals surface area contributed by atoms with Crippen LogP contribution in [0.25, 0.3) is 10.9 Å². The van der Waals surface area contributed by atoms with Gasteiger partial charge in [0.05, 0.1) is 17.8 Å². The van der Waals surface area contributed by atoms with Gasteiger partial charge in [-0.1, -0.05) is 6.07 Å². The molecule has 1 aromatic carbocycles. The summed E-state index contributed by atoms with van der Waals surface area (Å²) in [5.74, 6) is 0.0620. The Morgan fingerprint density at radius 1 is 1.35 bits per heavy atom. The lowest BCUT2D eigenvalue weighted by Crippen LogP contribution is -2.39. The zero-order chi connectivity index (χ0) is 13.7. The van der Waals surface area contributed by atoms with Gasteiger partial charge in [0.2, 0.25) is 5.91 Å². The molecular formula is C15H13N3OS. The van der Waals surface area contributed by atoms with E-state index >= 15 is 0 Å². The number of thioether (sulfide) groups is 1. The number of hydrogen-bond donors (Lipinski definition) is 1. The Balaban J connectivity index is 1.97. The number of nitrogens with one attached hydrogen (secondary N) is 1. The first kappa shape index (κ1) is 11.9. The minimum absolute atomic E-state index is 0.0620. The van der Waals surface area contributed by atoms with E-state index in [-0.39, 0.29) is 17.2 Å². The van der Waals surface area contributed by atoms with Crippen LogP contribution in [0.2, 0.25) is 0 Å². The van der Waals surface area contributed by atoms with Gasteiger partial charge in [0.25, 0.3) is 0 Å². The molecule has 2 atom stereocenters. The molecule has 4 rings (SSSR count). The number of carbonyl (C=O) groups excluding carboxylic acids is 1. The number of carbonyl (C=O) groups is 1. The highest BCUT2D eigenvalue weighted by Gasteiger charge is 2.37. The minimum Gasteiger partial charge on any atom is -0.350 e. The van der Waals surface area contributed by atoms with Crippen LogP contribution in [0.4, 0.5) is 0 Å². The summed E-state index contributed by atoms with van der Waals surface area (Å²) >= 11 is 1.59. The highest BCUT2D eigenvalue weighted by atomic mass is 32.2. The molecule has 100 valence electrons. The molecule has 20 heavy (non-hydrogen) atoms. The minimum atomic E-state index is -0.222. The van der Waals surface area contributed by atoms with Gasteiger partial charge in [0.15, 0.2) is 0 Å². The van der Waals surface area contributed by atoms with E-state index < -0.39 is 0 Å². The summed E-state index contributed by atoms with van der Waals surface area (Å²) in [5.41, 5.74) is 2.95. The fourth-order valence-electron chi connectivity index (χ4n) is 2.75. The van der Waals surface area contributed by atoms with Crippen molar-refractivity contribution in [3.63, 3.8) is 0 Å². The number of pyridine rings is 1. The lowest BCUT2D eigenvalue weighted by atomic mass is 10.0. The molecule has 0 saturated heterocycles. The number of aromatic nitrogens is 1. The van der Waals surface area contributed by atoms with Crippen LogP contribution in [0.3, 0.4) is 0 Å². The zero-order valence-corrected chi connectivity index (χ0v) is 11.8. The van der Waals surface area contributed by atoms with Crippen LogP contribution >= 0.6 is 11.8 Å². The van der Waals surface area contributed by atoms with Crippen molar-refractivity contribution in [1.29, 1.82) is 0 Å². The highest BCUT2D eigenvalue weighted by molar-refractivity contribution is 8.02. The van der Waals surface area contributed by atoms with Crippen molar-refractivity contribution in [2.45, 2.75) is 23.1 Å². The number of aliphatic imine (C=N–C) groups is 1. The fraction of sp³-hybridized carbons (Fsp3) is 0.267. The van der Waals surface area contributed by atoms with E-state index in [4.69, 9.17) is 4.99 Å². The molecule has 2 aromatic rings. The molecule has 0 aliphatic carbocycles. The Labute approximate surface area is 120 Å². The first-order valence-electron chi connectivity index (χ1n) is 6.63.